The van der Waals surface area contributed by atoms with E-state index < -0.39 is 0 Å². The van der Waals surface area contributed by atoms with Gasteiger partial charge in [0.1, 0.15) is 0 Å². The van der Waals surface area contributed by atoms with E-state index >= 15 is 0 Å². The smallest absolute Gasteiger partial charge is 0.211 e. The van der Waals surface area contributed by atoms with Gasteiger partial charge in [0.15, 0.2) is 0 Å². The summed E-state index contributed by atoms with van der Waals surface area (Å²) in [6.07, 6.45) is 8.70. The van der Waals surface area contributed by atoms with Gasteiger partial charge in [0.05, 0.1) is 5.54 Å². The van der Waals surface area contributed by atoms with Crippen molar-refractivity contribution >= 4 is 6.08 Å². The first-order valence-electron chi connectivity index (χ1n) is 3.51. The maximum absolute atomic E-state index is 9.96. The second kappa shape index (κ2) is 2.80. The Morgan fingerprint density at radius 3 is 2.90 bits per heavy atom. The fourth-order valence-electron chi connectivity index (χ4n) is 1.16. The zero-order chi connectivity index (χ0) is 7.45. The van der Waals surface area contributed by atoms with Gasteiger partial charge in [-0.05, 0) is 26.2 Å². The van der Waals surface area contributed by atoms with Gasteiger partial charge in [-0.2, -0.15) is 4.99 Å². The number of hydrogen-bond donors (Lipinski definition) is 0. The van der Waals surface area contributed by atoms with Gasteiger partial charge in [0, 0.05) is 0 Å². The number of carbonyl (C=O) groups excluding carboxylic acids is 1. The Labute approximate surface area is 60.7 Å². The Balaban J connectivity index is 2.68. The summed E-state index contributed by atoms with van der Waals surface area (Å²) in [6.45, 7) is 1.99. The first kappa shape index (κ1) is 7.23. The van der Waals surface area contributed by atoms with Crippen LogP contribution < -0.4 is 0 Å². The first-order chi connectivity index (χ1) is 4.77. The molecule has 1 aliphatic carbocycles. The SMILES string of the molecule is CC1(N=C=O)CC=CCC1. The van der Waals surface area contributed by atoms with E-state index in [-0.39, 0.29) is 5.54 Å². The second-order valence-electron chi connectivity index (χ2n) is 2.91. The van der Waals surface area contributed by atoms with Crippen LogP contribution in [0.3, 0.4) is 0 Å². The van der Waals surface area contributed by atoms with Crippen LogP contribution >= 0.6 is 0 Å². The summed E-state index contributed by atoms with van der Waals surface area (Å²) in [6, 6.07) is 0. The highest BCUT2D eigenvalue weighted by molar-refractivity contribution is 5.35. The van der Waals surface area contributed by atoms with Crippen molar-refractivity contribution in [2.45, 2.75) is 31.7 Å². The number of hydrogen-bond acceptors (Lipinski definition) is 2. The molecular formula is C8H11NO. The lowest BCUT2D eigenvalue weighted by atomic mass is 9.89. The molecule has 0 aromatic heterocycles. The van der Waals surface area contributed by atoms with Gasteiger partial charge in [0.25, 0.3) is 0 Å². The quantitative estimate of drug-likeness (QED) is 0.308. The van der Waals surface area contributed by atoms with Gasteiger partial charge in [-0.3, -0.25) is 0 Å². The van der Waals surface area contributed by atoms with E-state index in [1.165, 1.54) is 0 Å². The lowest BCUT2D eigenvalue weighted by molar-refractivity contribution is 0.425. The summed E-state index contributed by atoms with van der Waals surface area (Å²) < 4.78 is 0. The predicted molar refractivity (Wildman–Crippen MR) is 39.5 cm³/mol. The van der Waals surface area contributed by atoms with Crippen LogP contribution in [0.15, 0.2) is 17.1 Å². The van der Waals surface area contributed by atoms with Crippen LogP contribution in [-0.4, -0.2) is 11.6 Å². The number of isocyanates is 1. The molecule has 0 amide bonds. The van der Waals surface area contributed by atoms with E-state index in [1.807, 2.05) is 6.92 Å². The molecule has 54 valence electrons. The lowest BCUT2D eigenvalue weighted by Gasteiger charge is -2.23. The third-order valence-electron chi connectivity index (χ3n) is 1.89. The molecule has 0 radical (unpaired) electrons. The molecule has 0 aromatic carbocycles. The predicted octanol–water partition coefficient (Wildman–Crippen LogP) is 1.82. The third-order valence-corrected chi connectivity index (χ3v) is 1.89. The van der Waals surface area contributed by atoms with Crippen LogP contribution in [0.4, 0.5) is 0 Å². The Bertz CT molecular complexity index is 191. The van der Waals surface area contributed by atoms with Crippen LogP contribution in [0.25, 0.3) is 0 Å². The second-order valence-corrected chi connectivity index (χ2v) is 2.91. The highest BCUT2D eigenvalue weighted by atomic mass is 16.1. The van der Waals surface area contributed by atoms with Crippen molar-refractivity contribution < 1.29 is 4.79 Å². The Hall–Kier alpha value is -0.880. The molecule has 0 spiro atoms. The number of aliphatic imine (C=N–C) groups is 1. The summed E-state index contributed by atoms with van der Waals surface area (Å²) in [7, 11) is 0. The van der Waals surface area contributed by atoms with Crippen LogP contribution in [-0.2, 0) is 4.79 Å². The molecule has 10 heavy (non-hydrogen) atoms. The maximum atomic E-state index is 9.96. The van der Waals surface area contributed by atoms with Crippen molar-refractivity contribution in [3.8, 4) is 0 Å². The van der Waals surface area contributed by atoms with Crippen molar-refractivity contribution in [2.24, 2.45) is 4.99 Å². The number of nitrogens with zero attached hydrogens (tertiary/aromatic N) is 1. The summed E-state index contributed by atoms with van der Waals surface area (Å²) in [5.74, 6) is 0. The highest BCUT2D eigenvalue weighted by Crippen LogP contribution is 2.25. The molecule has 0 heterocycles. The Kier molecular flexibility index (Phi) is 2.03. The molecule has 0 bridgehead atoms. The zero-order valence-corrected chi connectivity index (χ0v) is 6.13. The topological polar surface area (TPSA) is 29.4 Å². The van der Waals surface area contributed by atoms with E-state index in [1.54, 1.807) is 6.08 Å². The third kappa shape index (κ3) is 1.55. The van der Waals surface area contributed by atoms with Gasteiger partial charge in [-0.1, -0.05) is 12.2 Å². The standard InChI is InChI=1S/C8H11NO/c1-8(9-7-10)5-3-2-4-6-8/h2-3H,4-6H2,1H3. The summed E-state index contributed by atoms with van der Waals surface area (Å²) in [4.78, 5) is 13.7. The Morgan fingerprint density at radius 1 is 1.60 bits per heavy atom. The monoisotopic (exact) mass is 137 g/mol. The van der Waals surface area contributed by atoms with Gasteiger partial charge in [0.2, 0.25) is 6.08 Å². The van der Waals surface area contributed by atoms with E-state index in [4.69, 9.17) is 0 Å². The van der Waals surface area contributed by atoms with Crippen LogP contribution in [0.5, 0.6) is 0 Å². The molecule has 2 nitrogen and oxygen atoms in total. The van der Waals surface area contributed by atoms with E-state index in [0.29, 0.717) is 0 Å². The minimum Gasteiger partial charge on any atom is -0.211 e. The van der Waals surface area contributed by atoms with Gasteiger partial charge < -0.3 is 0 Å². The van der Waals surface area contributed by atoms with Crippen molar-refractivity contribution in [2.75, 3.05) is 0 Å². The minimum absolute atomic E-state index is 0.156. The lowest BCUT2D eigenvalue weighted by Crippen LogP contribution is -2.22. The molecule has 0 N–H and O–H groups in total. The van der Waals surface area contributed by atoms with E-state index in [2.05, 4.69) is 17.1 Å². The minimum atomic E-state index is -0.156. The molecule has 1 rings (SSSR count). The maximum Gasteiger partial charge on any atom is 0.235 e. The molecule has 1 aliphatic rings. The molecule has 2 heteroatoms. The fraction of sp³-hybridized carbons (Fsp3) is 0.625. The fourth-order valence-corrected chi connectivity index (χ4v) is 1.16. The molecule has 0 fully saturated rings. The van der Waals surface area contributed by atoms with Crippen LogP contribution in [0.2, 0.25) is 0 Å². The average molecular weight is 137 g/mol. The van der Waals surface area contributed by atoms with E-state index in [9.17, 15) is 4.79 Å². The molecule has 1 unspecified atom stereocenters. The zero-order valence-electron chi connectivity index (χ0n) is 6.13. The van der Waals surface area contributed by atoms with Crippen LogP contribution in [0, 0.1) is 0 Å². The van der Waals surface area contributed by atoms with Crippen LogP contribution in [0.1, 0.15) is 26.2 Å². The summed E-state index contributed by atoms with van der Waals surface area (Å²) >= 11 is 0. The molecule has 0 aliphatic heterocycles. The Morgan fingerprint density at radius 2 is 2.40 bits per heavy atom. The average Bonchev–Trinajstić information content (AvgIpc) is 1.89. The molecule has 0 saturated carbocycles. The van der Waals surface area contributed by atoms with Crippen molar-refractivity contribution in [1.29, 1.82) is 0 Å². The summed E-state index contributed by atoms with van der Waals surface area (Å²) in [5, 5.41) is 0. The highest BCUT2D eigenvalue weighted by Gasteiger charge is 2.22. The van der Waals surface area contributed by atoms with Gasteiger partial charge >= 0.3 is 0 Å². The van der Waals surface area contributed by atoms with Crippen molar-refractivity contribution in [3.05, 3.63) is 12.2 Å². The number of allylic oxidation sites excluding steroid dienone is 1. The van der Waals surface area contributed by atoms with E-state index in [0.717, 1.165) is 19.3 Å². The summed E-state index contributed by atoms with van der Waals surface area (Å²) in [5.41, 5.74) is -0.156. The normalized spacial score (nSPS) is 31.3. The first-order valence-corrected chi connectivity index (χ1v) is 3.51. The van der Waals surface area contributed by atoms with Gasteiger partial charge in [-0.15, -0.1) is 0 Å². The van der Waals surface area contributed by atoms with Gasteiger partial charge in [-0.25, -0.2) is 4.79 Å². The molecule has 0 aromatic rings. The van der Waals surface area contributed by atoms with Crippen molar-refractivity contribution in [3.63, 3.8) is 0 Å². The largest absolute Gasteiger partial charge is 0.235 e. The molecular weight excluding hydrogens is 126 g/mol. The molecule has 0 saturated heterocycles. The number of rotatable bonds is 1. The molecule has 1 atom stereocenters. The van der Waals surface area contributed by atoms with Crippen molar-refractivity contribution in [1.82, 2.24) is 0 Å².